The molecule has 122 valence electrons. The molecule has 1 aromatic carbocycles. The molecule has 0 bridgehead atoms. The maximum atomic E-state index is 13.2. The zero-order valence-corrected chi connectivity index (χ0v) is 12.4. The van der Waals surface area contributed by atoms with Crippen LogP contribution >= 0.6 is 0 Å². The molecule has 24 heavy (non-hydrogen) atoms. The van der Waals surface area contributed by atoms with Gasteiger partial charge in [-0.25, -0.2) is 4.68 Å². The monoisotopic (exact) mass is 331 g/mol. The van der Waals surface area contributed by atoms with Gasteiger partial charge in [-0.2, -0.15) is 18.3 Å². The summed E-state index contributed by atoms with van der Waals surface area (Å²) in [6.07, 6.45) is -3.31. The third kappa shape index (κ3) is 3.34. The Bertz CT molecular complexity index is 890. The first-order valence-corrected chi connectivity index (χ1v) is 7.10. The largest absolute Gasteiger partial charge is 0.421 e. The van der Waals surface area contributed by atoms with E-state index in [1.165, 1.54) is 6.20 Å². The smallest absolute Gasteiger partial charge is 0.267 e. The Hall–Kier alpha value is -2.96. The van der Waals surface area contributed by atoms with Crippen molar-refractivity contribution in [3.8, 4) is 11.4 Å². The lowest BCUT2D eigenvalue weighted by Crippen LogP contribution is -2.31. The molecule has 0 fully saturated rings. The molecule has 0 N–H and O–H groups in total. The Balaban J connectivity index is 2.15. The number of hydrogen-bond donors (Lipinski definition) is 0. The fourth-order valence-corrected chi connectivity index (χ4v) is 2.25. The molecule has 0 aliphatic carbocycles. The number of rotatable bonds is 3. The molecule has 0 amide bonds. The van der Waals surface area contributed by atoms with Crippen molar-refractivity contribution in [2.75, 3.05) is 0 Å². The maximum Gasteiger partial charge on any atom is 0.421 e. The van der Waals surface area contributed by atoms with E-state index in [0.29, 0.717) is 5.56 Å². The molecule has 4 nitrogen and oxygen atoms in total. The number of benzene rings is 1. The molecule has 3 aromatic rings. The molecule has 2 aromatic heterocycles. The van der Waals surface area contributed by atoms with E-state index in [9.17, 15) is 18.0 Å². The predicted octanol–water partition coefficient (Wildman–Crippen LogP) is 3.37. The van der Waals surface area contributed by atoms with Gasteiger partial charge in [0.2, 0.25) is 0 Å². The van der Waals surface area contributed by atoms with Crippen LogP contribution in [-0.2, 0) is 12.7 Å². The SMILES string of the molecule is O=c1c(C(F)(F)F)cc(-c2ccccn2)nn1Cc1ccccc1. The summed E-state index contributed by atoms with van der Waals surface area (Å²) in [7, 11) is 0. The summed E-state index contributed by atoms with van der Waals surface area (Å²) >= 11 is 0. The van der Waals surface area contributed by atoms with Crippen molar-refractivity contribution in [3.05, 3.63) is 82.3 Å². The molecule has 0 aliphatic heterocycles. The predicted molar refractivity (Wildman–Crippen MR) is 82.3 cm³/mol. The Kier molecular flexibility index (Phi) is 4.16. The minimum atomic E-state index is -4.76. The van der Waals surface area contributed by atoms with Crippen molar-refractivity contribution in [2.24, 2.45) is 0 Å². The molecule has 0 unspecified atom stereocenters. The second-order valence-corrected chi connectivity index (χ2v) is 5.10. The van der Waals surface area contributed by atoms with Crippen molar-refractivity contribution >= 4 is 0 Å². The average molecular weight is 331 g/mol. The van der Waals surface area contributed by atoms with Crippen LogP contribution in [0.2, 0.25) is 0 Å². The van der Waals surface area contributed by atoms with Crippen LogP contribution in [0.4, 0.5) is 13.2 Å². The Morgan fingerprint density at radius 3 is 2.29 bits per heavy atom. The normalized spacial score (nSPS) is 11.5. The third-order valence-electron chi connectivity index (χ3n) is 3.38. The van der Waals surface area contributed by atoms with Gasteiger partial charge in [0.1, 0.15) is 11.3 Å². The highest BCUT2D eigenvalue weighted by Crippen LogP contribution is 2.28. The summed E-state index contributed by atoms with van der Waals surface area (Å²) in [6, 6.07) is 14.3. The van der Waals surface area contributed by atoms with E-state index in [2.05, 4.69) is 10.1 Å². The Morgan fingerprint density at radius 1 is 0.958 bits per heavy atom. The van der Waals surface area contributed by atoms with Crippen LogP contribution in [-0.4, -0.2) is 14.8 Å². The standard InChI is InChI=1S/C17H12F3N3O/c18-17(19,20)13-10-15(14-8-4-5-9-21-14)22-23(16(13)24)11-12-6-2-1-3-7-12/h1-10H,11H2. The van der Waals surface area contributed by atoms with Gasteiger partial charge in [-0.1, -0.05) is 36.4 Å². The van der Waals surface area contributed by atoms with Gasteiger partial charge in [0.25, 0.3) is 5.56 Å². The number of hydrogen-bond acceptors (Lipinski definition) is 3. The van der Waals surface area contributed by atoms with E-state index in [-0.39, 0.29) is 17.9 Å². The van der Waals surface area contributed by atoms with Gasteiger partial charge in [0, 0.05) is 6.20 Å². The quantitative estimate of drug-likeness (QED) is 0.739. The van der Waals surface area contributed by atoms with Crippen LogP contribution < -0.4 is 5.56 Å². The highest BCUT2D eigenvalue weighted by Gasteiger charge is 2.35. The summed E-state index contributed by atoms with van der Waals surface area (Å²) in [6.45, 7) is -0.0522. The lowest BCUT2D eigenvalue weighted by molar-refractivity contribution is -0.139. The summed E-state index contributed by atoms with van der Waals surface area (Å²) in [4.78, 5) is 16.2. The summed E-state index contributed by atoms with van der Waals surface area (Å²) in [5.74, 6) is 0. The lowest BCUT2D eigenvalue weighted by atomic mass is 10.2. The molecule has 7 heteroatoms. The summed E-state index contributed by atoms with van der Waals surface area (Å²) in [5.41, 5.74) is -1.48. The van der Waals surface area contributed by atoms with Crippen molar-refractivity contribution in [3.63, 3.8) is 0 Å². The Labute approximate surface area is 135 Å². The minimum Gasteiger partial charge on any atom is -0.267 e. The van der Waals surface area contributed by atoms with Crippen LogP contribution in [0.15, 0.2) is 65.6 Å². The van der Waals surface area contributed by atoms with Gasteiger partial charge >= 0.3 is 6.18 Å². The fraction of sp³-hybridized carbons (Fsp3) is 0.118. The second-order valence-electron chi connectivity index (χ2n) is 5.10. The molecule has 0 saturated carbocycles. The second kappa shape index (κ2) is 6.27. The van der Waals surface area contributed by atoms with Crippen LogP contribution in [0.1, 0.15) is 11.1 Å². The third-order valence-corrected chi connectivity index (χ3v) is 3.38. The zero-order valence-electron chi connectivity index (χ0n) is 12.4. The molecular formula is C17H12F3N3O. The first kappa shape index (κ1) is 15.9. The molecule has 0 spiro atoms. The first-order chi connectivity index (χ1) is 11.4. The van der Waals surface area contributed by atoms with E-state index in [4.69, 9.17) is 0 Å². The number of pyridine rings is 1. The molecule has 0 saturated heterocycles. The Morgan fingerprint density at radius 2 is 1.67 bits per heavy atom. The molecule has 0 aliphatic rings. The van der Waals surface area contributed by atoms with E-state index >= 15 is 0 Å². The van der Waals surface area contributed by atoms with E-state index < -0.39 is 17.3 Å². The molecular weight excluding hydrogens is 319 g/mol. The molecule has 2 heterocycles. The summed E-state index contributed by atoms with van der Waals surface area (Å²) < 4.78 is 40.4. The van der Waals surface area contributed by atoms with E-state index in [1.54, 1.807) is 48.5 Å². The van der Waals surface area contributed by atoms with Crippen LogP contribution in [0, 0.1) is 0 Å². The number of nitrogens with zero attached hydrogens (tertiary/aromatic N) is 3. The van der Waals surface area contributed by atoms with Crippen molar-refractivity contribution in [1.82, 2.24) is 14.8 Å². The number of aromatic nitrogens is 3. The van der Waals surface area contributed by atoms with Gasteiger partial charge in [-0.15, -0.1) is 0 Å². The van der Waals surface area contributed by atoms with Gasteiger partial charge in [-0.05, 0) is 23.8 Å². The van der Waals surface area contributed by atoms with E-state index in [1.807, 2.05) is 0 Å². The van der Waals surface area contributed by atoms with Crippen molar-refractivity contribution < 1.29 is 13.2 Å². The minimum absolute atomic E-state index is 0.00143. The fourth-order valence-electron chi connectivity index (χ4n) is 2.25. The molecule has 0 radical (unpaired) electrons. The molecule has 0 atom stereocenters. The highest BCUT2D eigenvalue weighted by molar-refractivity contribution is 5.54. The van der Waals surface area contributed by atoms with Gasteiger partial charge in [-0.3, -0.25) is 9.78 Å². The average Bonchev–Trinajstić information content (AvgIpc) is 2.57. The van der Waals surface area contributed by atoms with Gasteiger partial charge < -0.3 is 0 Å². The summed E-state index contributed by atoms with van der Waals surface area (Å²) in [5, 5.41) is 4.05. The number of halogens is 3. The van der Waals surface area contributed by atoms with Crippen molar-refractivity contribution in [2.45, 2.75) is 12.7 Å². The van der Waals surface area contributed by atoms with Gasteiger partial charge in [0.05, 0.1) is 12.2 Å². The lowest BCUT2D eigenvalue weighted by Gasteiger charge is -2.12. The van der Waals surface area contributed by atoms with Crippen molar-refractivity contribution in [1.29, 1.82) is 0 Å². The van der Waals surface area contributed by atoms with E-state index in [0.717, 1.165) is 10.7 Å². The number of alkyl halides is 3. The zero-order chi connectivity index (χ0) is 17.2. The van der Waals surface area contributed by atoms with Crippen LogP contribution in [0.25, 0.3) is 11.4 Å². The first-order valence-electron chi connectivity index (χ1n) is 7.10. The van der Waals surface area contributed by atoms with Gasteiger partial charge in [0.15, 0.2) is 0 Å². The van der Waals surface area contributed by atoms with Crippen LogP contribution in [0.3, 0.4) is 0 Å². The highest BCUT2D eigenvalue weighted by atomic mass is 19.4. The molecule has 3 rings (SSSR count). The van der Waals surface area contributed by atoms with Crippen LogP contribution in [0.5, 0.6) is 0 Å². The maximum absolute atomic E-state index is 13.2. The topological polar surface area (TPSA) is 47.8 Å².